The number of rotatable bonds is 1. The van der Waals surface area contributed by atoms with Crippen molar-refractivity contribution >= 4 is 17.4 Å². The number of fused-ring (bicyclic) bond motifs is 3. The molecule has 0 saturated carbocycles. The molecule has 19 heavy (non-hydrogen) atoms. The zero-order chi connectivity index (χ0) is 13.4. The summed E-state index contributed by atoms with van der Waals surface area (Å²) in [6.07, 6.45) is 3.64. The molecule has 2 aliphatic rings. The summed E-state index contributed by atoms with van der Waals surface area (Å²) in [5.41, 5.74) is 2.58. The molecule has 0 N–H and O–H groups in total. The van der Waals surface area contributed by atoms with E-state index in [-0.39, 0.29) is 17.8 Å². The third-order valence-electron chi connectivity index (χ3n) is 4.05. The molecule has 0 aromatic heterocycles. The Hall–Kier alpha value is -1.84. The molecule has 0 amide bonds. The van der Waals surface area contributed by atoms with Crippen LogP contribution in [0.4, 0.5) is 5.69 Å². The van der Waals surface area contributed by atoms with Crippen molar-refractivity contribution in [3.05, 3.63) is 29.3 Å². The third kappa shape index (κ3) is 2.01. The number of carbonyl (C=O) groups is 2. The zero-order valence-electron chi connectivity index (χ0n) is 11.0. The van der Waals surface area contributed by atoms with Gasteiger partial charge in [-0.25, -0.2) is 4.79 Å². The molecule has 2 heterocycles. The van der Waals surface area contributed by atoms with Crippen LogP contribution in [0.25, 0.3) is 0 Å². The van der Waals surface area contributed by atoms with Gasteiger partial charge in [0.05, 0.1) is 18.7 Å². The molecule has 0 aliphatic carbocycles. The number of hydrogen-bond acceptors (Lipinski definition) is 4. The van der Waals surface area contributed by atoms with Crippen LogP contribution in [-0.4, -0.2) is 31.4 Å². The third-order valence-corrected chi connectivity index (χ3v) is 4.05. The van der Waals surface area contributed by atoms with Gasteiger partial charge in [0.15, 0.2) is 5.78 Å². The van der Waals surface area contributed by atoms with Crippen LogP contribution in [0, 0.1) is 0 Å². The maximum atomic E-state index is 12.2. The van der Waals surface area contributed by atoms with Gasteiger partial charge in [-0.1, -0.05) is 0 Å². The molecule has 0 spiro atoms. The minimum atomic E-state index is -0.351. The first-order valence-electron chi connectivity index (χ1n) is 6.71. The summed E-state index contributed by atoms with van der Waals surface area (Å²) in [7, 11) is 1.37. The Labute approximate surface area is 112 Å². The van der Waals surface area contributed by atoms with Crippen LogP contribution < -0.4 is 4.90 Å². The van der Waals surface area contributed by atoms with Crippen molar-refractivity contribution in [3.8, 4) is 0 Å². The first-order chi connectivity index (χ1) is 9.20. The summed E-state index contributed by atoms with van der Waals surface area (Å²) < 4.78 is 4.72. The van der Waals surface area contributed by atoms with Gasteiger partial charge in [-0.15, -0.1) is 0 Å². The molecule has 3 rings (SSSR count). The monoisotopic (exact) mass is 259 g/mol. The Morgan fingerprint density at radius 3 is 3.00 bits per heavy atom. The van der Waals surface area contributed by atoms with Crippen molar-refractivity contribution in [2.24, 2.45) is 0 Å². The average molecular weight is 259 g/mol. The standard InChI is InChI=1S/C15H17NO3/c1-19-15(18)10-5-6-12-11(8-10)9-14(17)13-4-2-3-7-16(12)13/h5-6,8,13H,2-4,7,9H2,1H3. The number of Topliss-reactive ketones (excluding diaryl/α,β-unsaturated/α-hetero) is 1. The SMILES string of the molecule is COC(=O)c1ccc2c(c1)CC(=O)C1CCCCN21. The quantitative estimate of drug-likeness (QED) is 0.723. The Morgan fingerprint density at radius 2 is 2.21 bits per heavy atom. The Kier molecular flexibility index (Phi) is 3.01. The molecule has 0 bridgehead atoms. The van der Waals surface area contributed by atoms with Crippen LogP contribution in [0.1, 0.15) is 35.2 Å². The number of benzene rings is 1. The number of piperidine rings is 1. The molecule has 1 unspecified atom stereocenters. The molecule has 1 atom stereocenters. The molecular formula is C15H17NO3. The Bertz CT molecular complexity index is 538. The van der Waals surface area contributed by atoms with Crippen LogP contribution in [0.2, 0.25) is 0 Å². The number of methoxy groups -OCH3 is 1. The van der Waals surface area contributed by atoms with E-state index in [4.69, 9.17) is 4.74 Å². The van der Waals surface area contributed by atoms with Crippen LogP contribution >= 0.6 is 0 Å². The number of ketones is 1. The topological polar surface area (TPSA) is 46.6 Å². The van der Waals surface area contributed by atoms with Crippen LogP contribution in [-0.2, 0) is 16.0 Å². The molecule has 1 fully saturated rings. The fourth-order valence-electron chi connectivity index (χ4n) is 3.11. The number of nitrogens with zero attached hydrogens (tertiary/aromatic N) is 1. The van der Waals surface area contributed by atoms with Gasteiger partial charge in [0.25, 0.3) is 0 Å². The first kappa shape index (κ1) is 12.2. The summed E-state index contributed by atoms with van der Waals surface area (Å²) in [6.45, 7) is 0.932. The smallest absolute Gasteiger partial charge is 0.337 e. The van der Waals surface area contributed by atoms with Gasteiger partial charge in [0, 0.05) is 18.7 Å². The summed E-state index contributed by atoms with van der Waals surface area (Å²) in [6, 6.07) is 5.58. The predicted molar refractivity (Wildman–Crippen MR) is 71.5 cm³/mol. The second kappa shape index (κ2) is 4.68. The van der Waals surface area contributed by atoms with Crippen molar-refractivity contribution in [1.29, 1.82) is 0 Å². The Morgan fingerprint density at radius 1 is 1.37 bits per heavy atom. The van der Waals surface area contributed by atoms with Gasteiger partial charge in [-0.2, -0.15) is 0 Å². The minimum absolute atomic E-state index is 0.0465. The number of anilines is 1. The van der Waals surface area contributed by atoms with Crippen LogP contribution in [0.15, 0.2) is 18.2 Å². The minimum Gasteiger partial charge on any atom is -0.465 e. The number of ether oxygens (including phenoxy) is 1. The summed E-state index contributed by atoms with van der Waals surface area (Å²) in [5, 5.41) is 0. The maximum Gasteiger partial charge on any atom is 0.337 e. The van der Waals surface area contributed by atoms with E-state index >= 15 is 0 Å². The number of esters is 1. The van der Waals surface area contributed by atoms with Crippen LogP contribution in [0.5, 0.6) is 0 Å². The number of carbonyl (C=O) groups excluding carboxylic acids is 2. The van der Waals surface area contributed by atoms with E-state index in [0.29, 0.717) is 12.0 Å². The van der Waals surface area contributed by atoms with E-state index in [9.17, 15) is 9.59 Å². The summed E-state index contributed by atoms with van der Waals surface area (Å²) in [4.78, 5) is 25.9. The summed E-state index contributed by atoms with van der Waals surface area (Å²) in [5.74, 6) is -0.0785. The van der Waals surface area contributed by atoms with Gasteiger partial charge in [0.2, 0.25) is 0 Å². The van der Waals surface area contributed by atoms with Crippen molar-refractivity contribution in [1.82, 2.24) is 0 Å². The lowest BCUT2D eigenvalue weighted by molar-refractivity contribution is -0.120. The highest BCUT2D eigenvalue weighted by Gasteiger charge is 2.34. The second-order valence-corrected chi connectivity index (χ2v) is 5.18. The lowest BCUT2D eigenvalue weighted by Gasteiger charge is -2.41. The molecule has 4 nitrogen and oxygen atoms in total. The molecule has 1 aromatic carbocycles. The highest BCUT2D eigenvalue weighted by Crippen LogP contribution is 2.34. The highest BCUT2D eigenvalue weighted by atomic mass is 16.5. The van der Waals surface area contributed by atoms with Crippen molar-refractivity contribution in [3.63, 3.8) is 0 Å². The maximum absolute atomic E-state index is 12.2. The molecule has 100 valence electrons. The fraction of sp³-hybridized carbons (Fsp3) is 0.467. The Balaban J connectivity index is 2.00. The highest BCUT2D eigenvalue weighted by molar-refractivity contribution is 5.96. The van der Waals surface area contributed by atoms with Crippen molar-refractivity contribution in [2.75, 3.05) is 18.6 Å². The van der Waals surface area contributed by atoms with E-state index in [0.717, 1.165) is 37.1 Å². The molecular weight excluding hydrogens is 242 g/mol. The van der Waals surface area contributed by atoms with Gasteiger partial charge >= 0.3 is 5.97 Å². The molecule has 2 aliphatic heterocycles. The van der Waals surface area contributed by atoms with Gasteiger partial charge in [-0.05, 0) is 43.0 Å². The first-order valence-corrected chi connectivity index (χ1v) is 6.71. The predicted octanol–water partition coefficient (Wildman–Crippen LogP) is 1.96. The normalized spacial score (nSPS) is 21.6. The van der Waals surface area contributed by atoms with E-state index in [1.165, 1.54) is 7.11 Å². The second-order valence-electron chi connectivity index (χ2n) is 5.18. The van der Waals surface area contributed by atoms with Gasteiger partial charge in [-0.3, -0.25) is 4.79 Å². The van der Waals surface area contributed by atoms with Gasteiger partial charge < -0.3 is 9.64 Å². The molecule has 4 heteroatoms. The van der Waals surface area contributed by atoms with E-state index in [1.807, 2.05) is 6.07 Å². The van der Waals surface area contributed by atoms with Crippen LogP contribution in [0.3, 0.4) is 0 Å². The van der Waals surface area contributed by atoms with Crippen molar-refractivity contribution in [2.45, 2.75) is 31.7 Å². The van der Waals surface area contributed by atoms with E-state index in [1.54, 1.807) is 12.1 Å². The summed E-state index contributed by atoms with van der Waals surface area (Å²) >= 11 is 0. The largest absolute Gasteiger partial charge is 0.465 e. The van der Waals surface area contributed by atoms with E-state index in [2.05, 4.69) is 4.90 Å². The zero-order valence-corrected chi connectivity index (χ0v) is 11.0. The van der Waals surface area contributed by atoms with Gasteiger partial charge in [0.1, 0.15) is 0 Å². The average Bonchev–Trinajstić information content (AvgIpc) is 2.46. The number of hydrogen-bond donors (Lipinski definition) is 0. The molecule has 0 radical (unpaired) electrons. The van der Waals surface area contributed by atoms with Crippen molar-refractivity contribution < 1.29 is 14.3 Å². The lowest BCUT2D eigenvalue weighted by atomic mass is 9.88. The lowest BCUT2D eigenvalue weighted by Crippen LogP contribution is -2.48. The molecule has 1 saturated heterocycles. The molecule has 1 aromatic rings. The van der Waals surface area contributed by atoms with E-state index < -0.39 is 0 Å². The fourth-order valence-corrected chi connectivity index (χ4v) is 3.11.